The number of fused-ring (bicyclic) bond motifs is 1. The molecule has 0 spiro atoms. The van der Waals surface area contributed by atoms with Gasteiger partial charge in [0, 0.05) is 25.2 Å². The second kappa shape index (κ2) is 5.94. The van der Waals surface area contributed by atoms with Crippen LogP contribution in [0.2, 0.25) is 0 Å². The van der Waals surface area contributed by atoms with Gasteiger partial charge in [-0.2, -0.15) is 0 Å². The van der Waals surface area contributed by atoms with E-state index >= 15 is 0 Å². The second-order valence-electron chi connectivity index (χ2n) is 6.06. The molecule has 0 aliphatic heterocycles. The molecule has 0 radical (unpaired) electrons. The average molecular weight is 268 g/mol. The third-order valence-corrected chi connectivity index (χ3v) is 4.40. The zero-order chi connectivity index (χ0) is 13.9. The zero-order valence-corrected chi connectivity index (χ0v) is 12.5. The normalized spacial score (nSPS) is 16.8. The topological polar surface area (TPSA) is 15.3 Å². The molecule has 1 aliphatic carbocycles. The van der Waals surface area contributed by atoms with Gasteiger partial charge in [-0.25, -0.2) is 0 Å². The molecule has 20 heavy (non-hydrogen) atoms. The summed E-state index contributed by atoms with van der Waals surface area (Å²) in [6.07, 6.45) is 2.76. The van der Waals surface area contributed by atoms with Crippen molar-refractivity contribution in [2.45, 2.75) is 38.4 Å². The van der Waals surface area contributed by atoms with Gasteiger partial charge in [0.05, 0.1) is 0 Å². The summed E-state index contributed by atoms with van der Waals surface area (Å²) >= 11 is 0. The van der Waals surface area contributed by atoms with Gasteiger partial charge < -0.3 is 5.32 Å². The smallest absolute Gasteiger partial charge is 0.0206 e. The molecule has 0 bridgehead atoms. The van der Waals surface area contributed by atoms with Crippen LogP contribution in [0.4, 0.5) is 0 Å². The van der Waals surface area contributed by atoms with Gasteiger partial charge in [0.15, 0.2) is 0 Å². The summed E-state index contributed by atoms with van der Waals surface area (Å²) in [6, 6.07) is 16.7. The van der Waals surface area contributed by atoms with E-state index in [0.717, 1.165) is 19.1 Å². The van der Waals surface area contributed by atoms with Crippen LogP contribution in [0.15, 0.2) is 42.5 Å². The molecule has 1 fully saturated rings. The Morgan fingerprint density at radius 2 is 1.90 bits per heavy atom. The van der Waals surface area contributed by atoms with Crippen LogP contribution >= 0.6 is 0 Å². The Hall–Kier alpha value is -1.38. The van der Waals surface area contributed by atoms with Crippen molar-refractivity contribution in [2.24, 2.45) is 0 Å². The third kappa shape index (κ3) is 3.20. The number of nitrogens with one attached hydrogen (secondary N) is 1. The summed E-state index contributed by atoms with van der Waals surface area (Å²) in [5, 5.41) is 6.23. The Morgan fingerprint density at radius 1 is 1.15 bits per heavy atom. The van der Waals surface area contributed by atoms with E-state index in [0.29, 0.717) is 6.04 Å². The minimum Gasteiger partial charge on any atom is -0.311 e. The Morgan fingerprint density at radius 3 is 2.65 bits per heavy atom. The van der Waals surface area contributed by atoms with Crippen LogP contribution in [0.3, 0.4) is 0 Å². The first-order valence-electron chi connectivity index (χ1n) is 7.64. The minimum absolute atomic E-state index is 0.614. The van der Waals surface area contributed by atoms with Crippen molar-refractivity contribution < 1.29 is 0 Å². The maximum absolute atomic E-state index is 3.59. The fourth-order valence-electron chi connectivity index (χ4n) is 2.76. The monoisotopic (exact) mass is 268 g/mol. The van der Waals surface area contributed by atoms with Crippen molar-refractivity contribution in [1.29, 1.82) is 0 Å². The van der Waals surface area contributed by atoms with Gasteiger partial charge >= 0.3 is 0 Å². The summed E-state index contributed by atoms with van der Waals surface area (Å²) in [5.41, 5.74) is 1.37. The maximum Gasteiger partial charge on any atom is 0.0206 e. The predicted molar refractivity (Wildman–Crippen MR) is 85.9 cm³/mol. The Labute approximate surface area is 121 Å². The molecular weight excluding hydrogens is 244 g/mol. The van der Waals surface area contributed by atoms with Gasteiger partial charge in [-0.15, -0.1) is 0 Å². The zero-order valence-electron chi connectivity index (χ0n) is 12.5. The van der Waals surface area contributed by atoms with Gasteiger partial charge in [0.1, 0.15) is 0 Å². The van der Waals surface area contributed by atoms with Crippen molar-refractivity contribution in [1.82, 2.24) is 10.2 Å². The summed E-state index contributed by atoms with van der Waals surface area (Å²) in [7, 11) is 2.25. The molecule has 2 heteroatoms. The van der Waals surface area contributed by atoms with E-state index in [4.69, 9.17) is 0 Å². The number of nitrogens with zero attached hydrogens (tertiary/aromatic N) is 1. The molecule has 2 nitrogen and oxygen atoms in total. The molecule has 3 rings (SSSR count). The van der Waals surface area contributed by atoms with Crippen molar-refractivity contribution in [3.05, 3.63) is 48.0 Å². The first-order valence-corrected chi connectivity index (χ1v) is 7.64. The van der Waals surface area contributed by atoms with Crippen LogP contribution in [-0.4, -0.2) is 30.6 Å². The van der Waals surface area contributed by atoms with Crippen LogP contribution in [0, 0.1) is 0 Å². The van der Waals surface area contributed by atoms with E-state index in [1.54, 1.807) is 0 Å². The van der Waals surface area contributed by atoms with Crippen LogP contribution in [0.25, 0.3) is 10.8 Å². The molecule has 0 saturated heterocycles. The molecule has 0 aromatic heterocycles. The lowest BCUT2D eigenvalue weighted by Gasteiger charge is -2.24. The van der Waals surface area contributed by atoms with Gasteiger partial charge in [-0.05, 0) is 49.2 Å². The molecule has 0 heterocycles. The summed E-state index contributed by atoms with van der Waals surface area (Å²) in [6.45, 7) is 4.32. The van der Waals surface area contributed by atoms with E-state index in [2.05, 4.69) is 66.7 Å². The van der Waals surface area contributed by atoms with Gasteiger partial charge in [-0.3, -0.25) is 4.90 Å². The van der Waals surface area contributed by atoms with Gasteiger partial charge in [0.2, 0.25) is 0 Å². The molecule has 1 aliphatic rings. The van der Waals surface area contributed by atoms with Crippen LogP contribution < -0.4 is 5.32 Å². The molecule has 2 aromatic rings. The molecular formula is C18H24N2. The lowest BCUT2D eigenvalue weighted by molar-refractivity contribution is 0.241. The van der Waals surface area contributed by atoms with Crippen molar-refractivity contribution in [3.63, 3.8) is 0 Å². The Kier molecular flexibility index (Phi) is 4.04. The fourth-order valence-corrected chi connectivity index (χ4v) is 2.76. The number of benzene rings is 2. The molecule has 106 valence electrons. The first-order chi connectivity index (χ1) is 9.74. The van der Waals surface area contributed by atoms with Gasteiger partial charge in [-0.1, -0.05) is 36.4 Å². The van der Waals surface area contributed by atoms with E-state index in [1.807, 2.05) is 0 Å². The molecule has 1 unspecified atom stereocenters. The molecule has 1 atom stereocenters. The van der Waals surface area contributed by atoms with Crippen LogP contribution in [-0.2, 0) is 6.54 Å². The van der Waals surface area contributed by atoms with Crippen molar-refractivity contribution in [2.75, 3.05) is 13.6 Å². The van der Waals surface area contributed by atoms with Gasteiger partial charge in [0.25, 0.3) is 0 Å². The van der Waals surface area contributed by atoms with Crippen molar-refractivity contribution in [3.8, 4) is 0 Å². The average Bonchev–Trinajstić information content (AvgIpc) is 3.31. The lowest BCUT2D eigenvalue weighted by atomic mass is 10.1. The SMILES string of the molecule is CC(CNCc1ccc2ccccc2c1)N(C)C1CC1. The highest BCUT2D eigenvalue weighted by Gasteiger charge is 2.28. The predicted octanol–water partition coefficient (Wildman–Crippen LogP) is 3.41. The molecule has 1 saturated carbocycles. The highest BCUT2D eigenvalue weighted by molar-refractivity contribution is 5.82. The summed E-state index contributed by atoms with van der Waals surface area (Å²) < 4.78 is 0. The van der Waals surface area contributed by atoms with E-state index in [9.17, 15) is 0 Å². The van der Waals surface area contributed by atoms with Crippen LogP contribution in [0.1, 0.15) is 25.3 Å². The lowest BCUT2D eigenvalue weighted by Crippen LogP contribution is -2.38. The van der Waals surface area contributed by atoms with E-state index in [1.165, 1.54) is 29.2 Å². The number of hydrogen-bond donors (Lipinski definition) is 1. The summed E-state index contributed by atoms with van der Waals surface area (Å²) in [4.78, 5) is 2.51. The minimum atomic E-state index is 0.614. The Balaban J connectivity index is 1.54. The highest BCUT2D eigenvalue weighted by Crippen LogP contribution is 2.26. The number of hydrogen-bond acceptors (Lipinski definition) is 2. The fraction of sp³-hybridized carbons (Fsp3) is 0.444. The maximum atomic E-state index is 3.59. The first kappa shape index (κ1) is 13.6. The highest BCUT2D eigenvalue weighted by atomic mass is 15.2. The Bertz CT molecular complexity index is 574. The van der Waals surface area contributed by atoms with Crippen LogP contribution in [0.5, 0.6) is 0 Å². The third-order valence-electron chi connectivity index (χ3n) is 4.40. The van der Waals surface area contributed by atoms with Crippen molar-refractivity contribution >= 4 is 10.8 Å². The summed E-state index contributed by atoms with van der Waals surface area (Å²) in [5.74, 6) is 0. The second-order valence-corrected chi connectivity index (χ2v) is 6.06. The molecule has 0 amide bonds. The molecule has 1 N–H and O–H groups in total. The largest absolute Gasteiger partial charge is 0.311 e. The van der Waals surface area contributed by atoms with E-state index in [-0.39, 0.29) is 0 Å². The quantitative estimate of drug-likeness (QED) is 0.863. The van der Waals surface area contributed by atoms with E-state index < -0.39 is 0 Å². The number of rotatable bonds is 6. The molecule has 2 aromatic carbocycles. The standard InChI is InChI=1S/C18H24N2/c1-14(20(2)18-9-10-18)12-19-13-15-7-8-16-5-3-4-6-17(16)11-15/h3-8,11,14,18-19H,9-10,12-13H2,1-2H3. The number of likely N-dealkylation sites (N-methyl/N-ethyl adjacent to an activating group) is 1.